The van der Waals surface area contributed by atoms with Crippen molar-refractivity contribution in [2.24, 2.45) is 0 Å². The van der Waals surface area contributed by atoms with Crippen LogP contribution in [0.15, 0.2) is 35.5 Å². The predicted molar refractivity (Wildman–Crippen MR) is 84.4 cm³/mol. The van der Waals surface area contributed by atoms with Crippen LogP contribution in [0.4, 0.5) is 4.39 Å². The van der Waals surface area contributed by atoms with Crippen LogP contribution in [0.25, 0.3) is 5.69 Å². The standard InChI is InChI=1S/C15H20FN3O3S/c1-3-12(6-7-20)18-23(21,22)13-4-5-15(14(16)8-13)19-10-11(2)9-17-19/h4-5,8-10,12,18,20H,3,6-7H2,1-2H3. The summed E-state index contributed by atoms with van der Waals surface area (Å²) in [7, 11) is -3.84. The molecule has 1 unspecified atom stereocenters. The minimum absolute atomic E-state index is 0.118. The molecule has 6 nitrogen and oxygen atoms in total. The monoisotopic (exact) mass is 341 g/mol. The van der Waals surface area contributed by atoms with Gasteiger partial charge in [-0.05, 0) is 43.5 Å². The fraction of sp³-hybridized carbons (Fsp3) is 0.400. The minimum atomic E-state index is -3.84. The van der Waals surface area contributed by atoms with E-state index in [4.69, 9.17) is 5.11 Å². The van der Waals surface area contributed by atoms with Crippen LogP contribution in [0, 0.1) is 12.7 Å². The average Bonchev–Trinajstić information content (AvgIpc) is 2.92. The summed E-state index contributed by atoms with van der Waals surface area (Å²) >= 11 is 0. The maximum absolute atomic E-state index is 14.2. The Bertz CT molecular complexity index is 774. The molecular weight excluding hydrogens is 321 g/mol. The number of aromatic nitrogens is 2. The molecule has 0 bridgehead atoms. The molecular formula is C15H20FN3O3S. The number of sulfonamides is 1. The largest absolute Gasteiger partial charge is 0.396 e. The van der Waals surface area contributed by atoms with Crippen LogP contribution in [-0.2, 0) is 10.0 Å². The zero-order chi connectivity index (χ0) is 17.0. The van der Waals surface area contributed by atoms with Gasteiger partial charge in [0.2, 0.25) is 10.0 Å². The summed E-state index contributed by atoms with van der Waals surface area (Å²) in [6, 6.07) is 3.30. The maximum atomic E-state index is 14.2. The molecule has 0 fully saturated rings. The van der Waals surface area contributed by atoms with E-state index in [2.05, 4.69) is 9.82 Å². The summed E-state index contributed by atoms with van der Waals surface area (Å²) in [5, 5.41) is 12.9. The fourth-order valence-electron chi connectivity index (χ4n) is 2.17. The highest BCUT2D eigenvalue weighted by molar-refractivity contribution is 7.89. The number of halogens is 1. The van der Waals surface area contributed by atoms with Gasteiger partial charge < -0.3 is 5.11 Å². The summed E-state index contributed by atoms with van der Waals surface area (Å²) in [5.41, 5.74) is 1.05. The fourth-order valence-corrected chi connectivity index (χ4v) is 3.54. The van der Waals surface area contributed by atoms with Crippen LogP contribution in [0.5, 0.6) is 0 Å². The van der Waals surface area contributed by atoms with Crippen LogP contribution in [0.3, 0.4) is 0 Å². The smallest absolute Gasteiger partial charge is 0.240 e. The second-order valence-electron chi connectivity index (χ2n) is 5.31. The summed E-state index contributed by atoms with van der Waals surface area (Å²) in [4.78, 5) is -0.154. The Kier molecular flexibility index (Phi) is 5.51. The lowest BCUT2D eigenvalue weighted by molar-refractivity contribution is 0.270. The number of nitrogens with zero attached hydrogens (tertiary/aromatic N) is 2. The first-order chi connectivity index (χ1) is 10.9. The quantitative estimate of drug-likeness (QED) is 0.804. The van der Waals surface area contributed by atoms with Crippen molar-refractivity contribution in [2.75, 3.05) is 6.61 Å². The second kappa shape index (κ2) is 7.20. The lowest BCUT2D eigenvalue weighted by Crippen LogP contribution is -2.35. The zero-order valence-electron chi connectivity index (χ0n) is 13.0. The van der Waals surface area contributed by atoms with Gasteiger partial charge in [-0.1, -0.05) is 6.92 Å². The summed E-state index contributed by atoms with van der Waals surface area (Å²) < 4.78 is 42.7. The molecule has 0 aliphatic heterocycles. The van der Waals surface area contributed by atoms with Gasteiger partial charge >= 0.3 is 0 Å². The van der Waals surface area contributed by atoms with Crippen LogP contribution in [0.1, 0.15) is 25.3 Å². The lowest BCUT2D eigenvalue weighted by Gasteiger charge is -2.16. The zero-order valence-corrected chi connectivity index (χ0v) is 13.8. The molecule has 0 amide bonds. The van der Waals surface area contributed by atoms with Crippen molar-refractivity contribution in [1.29, 1.82) is 0 Å². The molecule has 1 atom stereocenters. The number of nitrogens with one attached hydrogen (secondary N) is 1. The van der Waals surface area contributed by atoms with E-state index in [0.717, 1.165) is 11.6 Å². The van der Waals surface area contributed by atoms with Gasteiger partial charge in [0, 0.05) is 18.8 Å². The second-order valence-corrected chi connectivity index (χ2v) is 7.03. The third kappa shape index (κ3) is 4.15. The van der Waals surface area contributed by atoms with Crippen LogP contribution < -0.4 is 4.72 Å². The summed E-state index contributed by atoms with van der Waals surface area (Å²) in [6.07, 6.45) is 4.08. The molecule has 2 N–H and O–H groups in total. The highest BCUT2D eigenvalue weighted by Gasteiger charge is 2.20. The van der Waals surface area contributed by atoms with Crippen molar-refractivity contribution in [3.63, 3.8) is 0 Å². The van der Waals surface area contributed by atoms with Crippen molar-refractivity contribution in [3.8, 4) is 5.69 Å². The number of aliphatic hydroxyl groups excluding tert-OH is 1. The number of benzene rings is 1. The summed E-state index contributed by atoms with van der Waals surface area (Å²) in [6.45, 7) is 3.52. The Morgan fingerprint density at radius 2 is 2.17 bits per heavy atom. The molecule has 0 spiro atoms. The molecule has 0 saturated carbocycles. The third-order valence-corrected chi connectivity index (χ3v) is 5.00. The van der Waals surface area contributed by atoms with E-state index in [0.29, 0.717) is 12.8 Å². The van der Waals surface area contributed by atoms with Crippen molar-refractivity contribution in [3.05, 3.63) is 42.0 Å². The van der Waals surface area contributed by atoms with Gasteiger partial charge in [0.1, 0.15) is 11.5 Å². The van der Waals surface area contributed by atoms with Gasteiger partial charge in [-0.3, -0.25) is 0 Å². The number of hydrogen-bond donors (Lipinski definition) is 2. The van der Waals surface area contributed by atoms with E-state index in [1.807, 2.05) is 13.8 Å². The Balaban J connectivity index is 2.28. The molecule has 0 aliphatic carbocycles. The van der Waals surface area contributed by atoms with Crippen LogP contribution >= 0.6 is 0 Å². The first-order valence-electron chi connectivity index (χ1n) is 7.31. The van der Waals surface area contributed by atoms with E-state index in [9.17, 15) is 12.8 Å². The van der Waals surface area contributed by atoms with Gasteiger partial charge in [0.15, 0.2) is 0 Å². The highest BCUT2D eigenvalue weighted by Crippen LogP contribution is 2.19. The molecule has 23 heavy (non-hydrogen) atoms. The number of aliphatic hydroxyl groups is 1. The van der Waals surface area contributed by atoms with Gasteiger partial charge in [-0.2, -0.15) is 5.10 Å². The van der Waals surface area contributed by atoms with Crippen molar-refractivity contribution in [1.82, 2.24) is 14.5 Å². The van der Waals surface area contributed by atoms with Gasteiger partial charge in [0.25, 0.3) is 0 Å². The first-order valence-corrected chi connectivity index (χ1v) is 8.80. The Morgan fingerprint density at radius 3 is 2.70 bits per heavy atom. The molecule has 8 heteroatoms. The predicted octanol–water partition coefficient (Wildman–Crippen LogP) is 1.76. The molecule has 1 heterocycles. The first kappa shape index (κ1) is 17.6. The van der Waals surface area contributed by atoms with Gasteiger partial charge in [0.05, 0.1) is 11.1 Å². The highest BCUT2D eigenvalue weighted by atomic mass is 32.2. The molecule has 0 saturated heterocycles. The maximum Gasteiger partial charge on any atom is 0.240 e. The van der Waals surface area contributed by atoms with E-state index < -0.39 is 15.8 Å². The normalized spacial score (nSPS) is 13.2. The SMILES string of the molecule is CCC(CCO)NS(=O)(=O)c1ccc(-n2cc(C)cn2)c(F)c1. The Morgan fingerprint density at radius 1 is 1.43 bits per heavy atom. The molecule has 2 rings (SSSR count). The Hall–Kier alpha value is -1.77. The van der Waals surface area contributed by atoms with Crippen LogP contribution in [0.2, 0.25) is 0 Å². The topological polar surface area (TPSA) is 84.2 Å². The van der Waals surface area contributed by atoms with Gasteiger partial charge in [-0.15, -0.1) is 0 Å². The van der Waals surface area contributed by atoms with Crippen molar-refractivity contribution >= 4 is 10.0 Å². The van der Waals surface area contributed by atoms with E-state index in [1.165, 1.54) is 16.8 Å². The number of hydrogen-bond acceptors (Lipinski definition) is 4. The molecule has 0 aliphatic rings. The molecule has 0 radical (unpaired) electrons. The van der Waals surface area contributed by atoms with E-state index >= 15 is 0 Å². The van der Waals surface area contributed by atoms with E-state index in [-0.39, 0.29) is 23.2 Å². The van der Waals surface area contributed by atoms with Gasteiger partial charge in [-0.25, -0.2) is 22.2 Å². The average molecular weight is 341 g/mol. The summed E-state index contributed by atoms with van der Waals surface area (Å²) in [5.74, 6) is -0.675. The van der Waals surface area contributed by atoms with E-state index in [1.54, 1.807) is 12.4 Å². The molecule has 126 valence electrons. The van der Waals surface area contributed by atoms with Crippen molar-refractivity contribution < 1.29 is 17.9 Å². The Labute approximate surface area is 135 Å². The lowest BCUT2D eigenvalue weighted by atomic mass is 10.2. The number of rotatable bonds is 7. The minimum Gasteiger partial charge on any atom is -0.396 e. The van der Waals surface area contributed by atoms with Crippen LogP contribution in [-0.4, -0.2) is 36.0 Å². The number of aryl methyl sites for hydroxylation is 1. The molecule has 1 aromatic heterocycles. The third-order valence-electron chi connectivity index (χ3n) is 3.48. The van der Waals surface area contributed by atoms with Crippen molar-refractivity contribution in [2.45, 2.75) is 37.6 Å². The molecule has 1 aromatic carbocycles. The molecule has 2 aromatic rings.